The van der Waals surface area contributed by atoms with E-state index in [1.54, 1.807) is 0 Å². The van der Waals surface area contributed by atoms with E-state index in [1.807, 2.05) is 12.9 Å². The third kappa shape index (κ3) is 0.369. The second kappa shape index (κ2) is 0.634. The van der Waals surface area contributed by atoms with Crippen molar-refractivity contribution in [2.24, 2.45) is 0 Å². The van der Waals surface area contributed by atoms with Gasteiger partial charge in [-0.3, -0.25) is 0 Å². The van der Waals surface area contributed by atoms with Crippen molar-refractivity contribution in [3.05, 3.63) is 9.92 Å². The van der Waals surface area contributed by atoms with Gasteiger partial charge >= 0.3 is 32.4 Å². The molecule has 0 radical (unpaired) electrons. The van der Waals surface area contributed by atoms with Gasteiger partial charge in [-0.15, -0.1) is 0 Å². The summed E-state index contributed by atoms with van der Waals surface area (Å²) in [6, 6.07) is 0. The Morgan fingerprint density at radius 2 is 2.25 bits per heavy atom. The zero-order valence-electron chi connectivity index (χ0n) is 2.06. The van der Waals surface area contributed by atoms with E-state index in [0.29, 0.717) is 0 Å². The van der Waals surface area contributed by atoms with Gasteiger partial charge in [0.15, 0.2) is 0 Å². The van der Waals surface area contributed by atoms with Crippen molar-refractivity contribution in [1.82, 2.24) is 0 Å². The van der Waals surface area contributed by atoms with Gasteiger partial charge in [0.1, 0.15) is 0 Å². The van der Waals surface area contributed by atoms with Crippen LogP contribution in [0.15, 0.2) is 5.96 Å². The predicted molar refractivity (Wildman–Crippen MR) is 19.2 cm³/mol. The molecule has 0 saturated carbocycles. The molecule has 1 aromatic rings. The first kappa shape index (κ1) is 2.56. The first-order valence-corrected chi connectivity index (χ1v) is 1.97. The van der Waals surface area contributed by atoms with Crippen LogP contribution in [-0.4, -0.2) is 22.5 Å². The SMILES string of the molecule is [Se]=c1bc1. The van der Waals surface area contributed by atoms with Gasteiger partial charge < -0.3 is 0 Å². The summed E-state index contributed by atoms with van der Waals surface area (Å²) in [6.07, 6.45) is 0. The molecule has 4 heavy (non-hydrogen) atoms. The van der Waals surface area contributed by atoms with Gasteiger partial charge in [-0.05, 0) is 0 Å². The van der Waals surface area contributed by atoms with Crippen LogP contribution < -0.4 is 0 Å². The summed E-state index contributed by atoms with van der Waals surface area (Å²) in [5.41, 5.74) is 0. The molecule has 1 aromatic heterocycles. The summed E-state index contributed by atoms with van der Waals surface area (Å²) in [5.74, 6) is 2.03. The fourth-order valence-electron chi connectivity index (χ4n) is 0.0340. The molecule has 0 N–H and O–H groups in total. The second-order valence-corrected chi connectivity index (χ2v) is 1.72. The van der Waals surface area contributed by atoms with Gasteiger partial charge in [0.2, 0.25) is 0 Å². The molecular weight excluding hydrogens is 114 g/mol. The van der Waals surface area contributed by atoms with Crippen LogP contribution in [0.4, 0.5) is 0 Å². The van der Waals surface area contributed by atoms with E-state index in [0.717, 1.165) is 0 Å². The molecule has 0 saturated heterocycles. The Morgan fingerprint density at radius 3 is 2.25 bits per heavy atom. The van der Waals surface area contributed by atoms with Crippen LogP contribution in [0.3, 0.4) is 0 Å². The molecule has 0 amide bonds. The summed E-state index contributed by atoms with van der Waals surface area (Å²) in [5, 5.41) is 0. The van der Waals surface area contributed by atoms with Crippen LogP contribution in [0.25, 0.3) is 0 Å². The van der Waals surface area contributed by atoms with Gasteiger partial charge in [0.25, 0.3) is 0 Å². The third-order valence-electron chi connectivity index (χ3n) is 0.303. The molecule has 1 rings (SSSR count). The molecule has 2 heteroatoms. The van der Waals surface area contributed by atoms with Crippen molar-refractivity contribution < 1.29 is 0 Å². The fraction of sp³-hybridized carbons (Fsp3) is 0. The average Bonchev–Trinajstić information content (AvgIpc) is 1.75. The van der Waals surface area contributed by atoms with E-state index in [1.165, 1.54) is 3.96 Å². The third-order valence-corrected chi connectivity index (χ3v) is 0.874. The molecule has 0 aliphatic heterocycles. The summed E-state index contributed by atoms with van der Waals surface area (Å²) in [4.78, 5) is 0. The van der Waals surface area contributed by atoms with Crippen molar-refractivity contribution in [1.29, 1.82) is 0 Å². The molecule has 0 nitrogen and oxygen atoms in total. The molecule has 18 valence electrons. The van der Waals surface area contributed by atoms with E-state index in [2.05, 4.69) is 15.6 Å². The zero-order valence-corrected chi connectivity index (χ0v) is 3.78. The van der Waals surface area contributed by atoms with Crippen LogP contribution in [0.1, 0.15) is 0 Å². The summed E-state index contributed by atoms with van der Waals surface area (Å²) in [7, 11) is 0. The van der Waals surface area contributed by atoms with E-state index in [4.69, 9.17) is 0 Å². The maximum atomic E-state index is 2.82. The zero-order chi connectivity index (χ0) is 2.99. The van der Waals surface area contributed by atoms with Crippen molar-refractivity contribution in [3.8, 4) is 0 Å². The van der Waals surface area contributed by atoms with Crippen LogP contribution >= 0.6 is 0 Å². The van der Waals surface area contributed by atoms with Crippen molar-refractivity contribution in [2.45, 2.75) is 0 Å². The fourth-order valence-corrected chi connectivity index (χ4v) is 0.177. The number of rotatable bonds is 0. The number of hydrogen-bond donors (Lipinski definition) is 0. The normalized spacial score (nSPS) is 8.00. The van der Waals surface area contributed by atoms with Crippen LogP contribution in [0.5, 0.6) is 0 Å². The number of hydrogen-bond acceptors (Lipinski definition) is 0. The molecule has 0 aliphatic carbocycles. The Labute approximate surface area is 33.1 Å². The molecule has 0 fully saturated rings. The molecule has 1 heterocycles. The van der Waals surface area contributed by atoms with E-state index < -0.39 is 0 Å². The average molecular weight is 115 g/mol. The Balaban J connectivity index is 3.55. The molecule has 0 aliphatic rings. The molecule has 0 atom stereocenters. The first-order valence-electron chi connectivity index (χ1n) is 1.11. The summed E-state index contributed by atoms with van der Waals surface area (Å²) < 4.78 is 1.29. The minimum absolute atomic E-state index is 1.29. The van der Waals surface area contributed by atoms with Crippen LogP contribution in [-0.2, 0) is 0 Å². The Hall–Kier alpha value is 0.324. The van der Waals surface area contributed by atoms with E-state index in [9.17, 15) is 0 Å². The van der Waals surface area contributed by atoms with Gasteiger partial charge in [-0.2, -0.15) is 0 Å². The van der Waals surface area contributed by atoms with E-state index in [-0.39, 0.29) is 0 Å². The van der Waals surface area contributed by atoms with Crippen molar-refractivity contribution in [2.75, 3.05) is 0 Å². The Morgan fingerprint density at radius 1 is 2.00 bits per heavy atom. The molecule has 0 spiro atoms. The van der Waals surface area contributed by atoms with Crippen molar-refractivity contribution >= 4 is 22.5 Å². The first-order chi connectivity index (χ1) is 1.89. The summed E-state index contributed by atoms with van der Waals surface area (Å²) >= 11 is 2.82. The van der Waals surface area contributed by atoms with Gasteiger partial charge in [-0.25, -0.2) is 0 Å². The molecule has 0 unspecified atom stereocenters. The quantitative estimate of drug-likeness (QED) is 0.403. The molecule has 0 bridgehead atoms. The van der Waals surface area contributed by atoms with Gasteiger partial charge in [-0.1, -0.05) is 0 Å². The standard InChI is InChI=1S/C2HBSe/c4-2-1-3-2/h1H. The predicted octanol–water partition coefficient (Wildman–Crippen LogP) is -0.399. The Bertz CT molecular complexity index is 94.8. The van der Waals surface area contributed by atoms with Crippen LogP contribution in [0, 0.1) is 3.96 Å². The summed E-state index contributed by atoms with van der Waals surface area (Å²) in [6.45, 7) is 2.03. The van der Waals surface area contributed by atoms with Gasteiger partial charge in [0.05, 0.1) is 0 Å². The van der Waals surface area contributed by atoms with Gasteiger partial charge in [0, 0.05) is 0 Å². The topological polar surface area (TPSA) is 0 Å². The Kier molecular flexibility index (Phi) is 0.405. The molecular formula is C2HBSe. The molecule has 0 aromatic carbocycles. The van der Waals surface area contributed by atoms with Crippen molar-refractivity contribution in [3.63, 3.8) is 0 Å². The van der Waals surface area contributed by atoms with E-state index >= 15 is 0 Å². The monoisotopic (exact) mass is 116 g/mol. The maximum absolute atomic E-state index is 2.82. The minimum atomic E-state index is 1.29. The van der Waals surface area contributed by atoms with Crippen LogP contribution in [0.2, 0.25) is 0 Å². The second-order valence-electron chi connectivity index (χ2n) is 0.736.